The predicted molar refractivity (Wildman–Crippen MR) is 143 cm³/mol. The zero-order valence-corrected chi connectivity index (χ0v) is 18.3. The van der Waals surface area contributed by atoms with Crippen LogP contribution in [0.4, 0.5) is 0 Å². The predicted octanol–water partition coefficient (Wildman–Crippen LogP) is 7.52. The summed E-state index contributed by atoms with van der Waals surface area (Å²) in [5.41, 5.74) is 7.98. The highest BCUT2D eigenvalue weighted by molar-refractivity contribution is 5.91. The second-order valence-electron chi connectivity index (χ2n) is 8.62. The van der Waals surface area contributed by atoms with Crippen molar-refractivity contribution < 1.29 is 0 Å². The Morgan fingerprint density at radius 1 is 0.441 bits per heavy atom. The molecule has 0 radical (unpaired) electrons. The zero-order chi connectivity index (χ0) is 22.5. The van der Waals surface area contributed by atoms with Gasteiger partial charge in [0.25, 0.3) is 0 Å². The monoisotopic (exact) mass is 436 g/mol. The molecule has 4 nitrogen and oxygen atoms in total. The molecule has 4 heteroatoms. The number of hydrogen-bond donors (Lipinski definition) is 2. The number of fused-ring (bicyclic) bond motifs is 16. The van der Waals surface area contributed by atoms with Crippen LogP contribution < -0.4 is 0 Å². The lowest BCUT2D eigenvalue weighted by atomic mass is 10.1. The average molecular weight is 437 g/mol. The van der Waals surface area contributed by atoms with Gasteiger partial charge in [-0.15, -0.1) is 0 Å². The Morgan fingerprint density at radius 2 is 0.912 bits per heavy atom. The van der Waals surface area contributed by atoms with E-state index in [0.29, 0.717) is 0 Å². The molecule has 34 heavy (non-hydrogen) atoms. The van der Waals surface area contributed by atoms with Gasteiger partial charge in [-0.3, -0.25) is 0 Å². The molecular weight excluding hydrogens is 416 g/mol. The molecule has 0 unspecified atom stereocenters. The largest absolute Gasteiger partial charge is 0.355 e. The van der Waals surface area contributed by atoms with E-state index in [1.807, 2.05) is 0 Å². The third-order valence-electron chi connectivity index (χ3n) is 6.29. The highest BCUT2D eigenvalue weighted by Crippen LogP contribution is 2.23. The molecule has 0 amide bonds. The van der Waals surface area contributed by atoms with E-state index in [2.05, 4.69) is 119 Å². The lowest BCUT2D eigenvalue weighted by Gasteiger charge is -1.95. The summed E-state index contributed by atoms with van der Waals surface area (Å²) in [6.45, 7) is 0. The highest BCUT2D eigenvalue weighted by Gasteiger charge is 2.05. The van der Waals surface area contributed by atoms with Gasteiger partial charge in [0.2, 0.25) is 0 Å². The maximum absolute atomic E-state index is 4.85. The molecule has 0 fully saturated rings. The molecule has 2 N–H and O–H groups in total. The minimum absolute atomic E-state index is 0.930. The lowest BCUT2D eigenvalue weighted by Crippen LogP contribution is -1.79. The van der Waals surface area contributed by atoms with Crippen molar-refractivity contribution in [2.24, 2.45) is 0 Å². The molecule has 2 aromatic carbocycles. The summed E-state index contributed by atoms with van der Waals surface area (Å²) in [5, 5.41) is 4.44. The summed E-state index contributed by atoms with van der Waals surface area (Å²) in [5.74, 6) is 0. The van der Waals surface area contributed by atoms with Gasteiger partial charge < -0.3 is 9.97 Å². The molecule has 5 heterocycles. The fourth-order valence-electron chi connectivity index (χ4n) is 4.58. The summed E-state index contributed by atoms with van der Waals surface area (Å²) in [7, 11) is 0. The van der Waals surface area contributed by atoms with Crippen LogP contribution in [0.5, 0.6) is 0 Å². The van der Waals surface area contributed by atoms with Gasteiger partial charge in [0.15, 0.2) is 0 Å². The quantitative estimate of drug-likeness (QED) is 0.258. The number of H-pyrrole nitrogens is 2. The number of nitrogens with zero attached hydrogens (tertiary/aromatic N) is 2. The van der Waals surface area contributed by atoms with Gasteiger partial charge in [-0.1, -0.05) is 36.4 Å². The van der Waals surface area contributed by atoms with Gasteiger partial charge in [-0.2, -0.15) is 0 Å². The van der Waals surface area contributed by atoms with Gasteiger partial charge >= 0.3 is 0 Å². The van der Waals surface area contributed by atoms with Gasteiger partial charge in [0.05, 0.1) is 22.8 Å². The van der Waals surface area contributed by atoms with Crippen molar-refractivity contribution in [2.45, 2.75) is 0 Å². The van der Waals surface area contributed by atoms with E-state index in [4.69, 9.17) is 9.97 Å². The van der Waals surface area contributed by atoms with E-state index >= 15 is 0 Å². The molecule has 5 aromatic rings. The SMILES string of the molecule is C1=Cc2nc1cc1ccc([nH]1)c1cccc(c1)c1ccc(cc3nc(c4cccc2c4)C=C3)[nH]1. The summed E-state index contributed by atoms with van der Waals surface area (Å²) in [6, 6.07) is 29.5. The number of hydrogen-bond acceptors (Lipinski definition) is 2. The van der Waals surface area contributed by atoms with Crippen molar-refractivity contribution >= 4 is 67.9 Å². The van der Waals surface area contributed by atoms with Crippen molar-refractivity contribution in [1.82, 2.24) is 19.9 Å². The maximum atomic E-state index is 4.85. The van der Waals surface area contributed by atoms with E-state index in [1.165, 1.54) is 0 Å². The topological polar surface area (TPSA) is 57.4 Å². The third-order valence-corrected chi connectivity index (χ3v) is 6.29. The van der Waals surface area contributed by atoms with E-state index < -0.39 is 0 Å². The summed E-state index contributed by atoms with van der Waals surface area (Å²) in [4.78, 5) is 16.8. The number of aromatic nitrogens is 4. The molecule has 7 rings (SSSR count). The number of nitrogens with one attached hydrogen (secondary N) is 2. The van der Waals surface area contributed by atoms with Crippen LogP contribution in [0.25, 0.3) is 67.9 Å². The minimum Gasteiger partial charge on any atom is -0.355 e. The van der Waals surface area contributed by atoms with Crippen molar-refractivity contribution in [3.63, 3.8) is 0 Å². The first-order valence-corrected chi connectivity index (χ1v) is 11.3. The molecular formula is C30H20N4. The van der Waals surface area contributed by atoms with Crippen molar-refractivity contribution in [2.75, 3.05) is 0 Å². The van der Waals surface area contributed by atoms with Crippen LogP contribution in [-0.4, -0.2) is 19.9 Å². The molecule has 0 saturated heterocycles. The fourth-order valence-corrected chi connectivity index (χ4v) is 4.58. The summed E-state index contributed by atoms with van der Waals surface area (Å²) < 4.78 is 0. The molecule has 3 aromatic heterocycles. The van der Waals surface area contributed by atoms with Crippen molar-refractivity contribution in [3.8, 4) is 0 Å². The number of aromatic amines is 2. The fraction of sp³-hybridized carbons (Fsp3) is 0. The summed E-state index contributed by atoms with van der Waals surface area (Å²) >= 11 is 0. The van der Waals surface area contributed by atoms with Gasteiger partial charge in [0.1, 0.15) is 0 Å². The maximum Gasteiger partial charge on any atom is 0.0710 e. The van der Waals surface area contributed by atoms with Crippen LogP contribution in [0.1, 0.15) is 22.8 Å². The normalized spacial score (nSPS) is 12.5. The molecule has 0 aliphatic carbocycles. The van der Waals surface area contributed by atoms with Gasteiger partial charge in [-0.25, -0.2) is 9.97 Å². The minimum atomic E-state index is 0.930. The molecule has 0 atom stereocenters. The summed E-state index contributed by atoms with van der Waals surface area (Å²) in [6.07, 6.45) is 8.26. The average Bonchev–Trinajstić information content (AvgIpc) is 3.67. The van der Waals surface area contributed by atoms with Crippen LogP contribution in [0.3, 0.4) is 0 Å². The van der Waals surface area contributed by atoms with Crippen LogP contribution in [0.15, 0.2) is 84.9 Å². The smallest absolute Gasteiger partial charge is 0.0710 e. The number of benzene rings is 2. The Bertz CT molecular complexity index is 1740. The Labute approximate surface area is 195 Å². The Morgan fingerprint density at radius 3 is 1.44 bits per heavy atom. The first kappa shape index (κ1) is 18.8. The van der Waals surface area contributed by atoms with Crippen LogP contribution in [0.2, 0.25) is 0 Å². The van der Waals surface area contributed by atoms with Gasteiger partial charge in [-0.05, 0) is 83.6 Å². The first-order valence-electron chi connectivity index (χ1n) is 11.3. The van der Waals surface area contributed by atoms with Crippen molar-refractivity contribution in [3.05, 3.63) is 108 Å². The first-order chi connectivity index (χ1) is 16.8. The standard InChI is InChI=1S/C30H20N4/c1-3-19-15-20(4-1)28-12-8-24(32-28)18-26-10-14-30(34-26)22-6-2-5-21(16-22)29-13-9-25(33-29)17-23-7-11-27(19)31-23/h1-18,31-32H. The van der Waals surface area contributed by atoms with E-state index in [-0.39, 0.29) is 0 Å². The van der Waals surface area contributed by atoms with Crippen LogP contribution in [-0.2, 0) is 0 Å². The lowest BCUT2D eigenvalue weighted by molar-refractivity contribution is 1.33. The highest BCUT2D eigenvalue weighted by atomic mass is 14.7. The molecule has 2 aliphatic rings. The Hall–Kier alpha value is -4.70. The van der Waals surface area contributed by atoms with Crippen molar-refractivity contribution in [1.29, 1.82) is 0 Å². The van der Waals surface area contributed by atoms with E-state index in [9.17, 15) is 0 Å². The molecule has 12 bridgehead atoms. The van der Waals surface area contributed by atoms with Crippen LogP contribution in [0, 0.1) is 0 Å². The second-order valence-corrected chi connectivity index (χ2v) is 8.62. The molecule has 0 spiro atoms. The molecule has 0 saturated carbocycles. The zero-order valence-electron chi connectivity index (χ0n) is 18.3. The van der Waals surface area contributed by atoms with E-state index in [1.54, 1.807) is 0 Å². The molecule has 160 valence electrons. The number of rotatable bonds is 0. The molecule has 2 aliphatic heterocycles. The van der Waals surface area contributed by atoms with Gasteiger partial charge in [0, 0.05) is 32.8 Å². The van der Waals surface area contributed by atoms with Crippen LogP contribution >= 0.6 is 0 Å². The van der Waals surface area contributed by atoms with E-state index in [0.717, 1.165) is 66.4 Å². The third kappa shape index (κ3) is 3.33. The Kier molecular flexibility index (Phi) is 4.11. The Balaban J connectivity index is 1.58. The second kappa shape index (κ2) is 7.42.